The van der Waals surface area contributed by atoms with Gasteiger partial charge in [0.05, 0.1) is 11.4 Å². The number of H-pyrrole nitrogens is 2. The van der Waals surface area contributed by atoms with Crippen molar-refractivity contribution in [1.29, 1.82) is 0 Å². The van der Waals surface area contributed by atoms with E-state index in [2.05, 4.69) is 75.3 Å². The molecule has 0 spiro atoms. The van der Waals surface area contributed by atoms with Crippen LogP contribution in [0.1, 0.15) is 76.0 Å². The van der Waals surface area contributed by atoms with Gasteiger partial charge in [0, 0.05) is 22.2 Å². The number of aromatic nitrogens is 4. The van der Waals surface area contributed by atoms with E-state index < -0.39 is 0 Å². The first-order valence-corrected chi connectivity index (χ1v) is 7.89. The van der Waals surface area contributed by atoms with Crippen molar-refractivity contribution in [2.75, 3.05) is 0 Å². The van der Waals surface area contributed by atoms with Crippen molar-refractivity contribution in [3.8, 4) is 0 Å². The fourth-order valence-electron chi connectivity index (χ4n) is 2.68. The van der Waals surface area contributed by atoms with E-state index >= 15 is 0 Å². The summed E-state index contributed by atoms with van der Waals surface area (Å²) in [5.74, 6) is 2.01. The van der Waals surface area contributed by atoms with Crippen LogP contribution in [-0.2, 0) is 10.8 Å². The highest BCUT2D eigenvalue weighted by Crippen LogP contribution is 2.23. The van der Waals surface area contributed by atoms with Crippen LogP contribution in [0.2, 0.25) is 0 Å². The highest BCUT2D eigenvalue weighted by molar-refractivity contribution is 5.21. The maximum Gasteiger partial charge on any atom is 0.103 e. The second-order valence-electron chi connectivity index (χ2n) is 8.09. The molecular formula is C18H32N4. The van der Waals surface area contributed by atoms with Crippen LogP contribution < -0.4 is 0 Å². The van der Waals surface area contributed by atoms with E-state index in [0.717, 1.165) is 11.6 Å². The van der Waals surface area contributed by atoms with Crippen molar-refractivity contribution in [2.24, 2.45) is 0 Å². The van der Waals surface area contributed by atoms with Gasteiger partial charge in [0.25, 0.3) is 0 Å². The number of nitrogens with zero attached hydrogens (tertiary/aromatic N) is 2. The molecule has 4 heteroatoms. The van der Waals surface area contributed by atoms with Crippen LogP contribution in [0, 0.1) is 27.7 Å². The van der Waals surface area contributed by atoms with E-state index in [0.29, 0.717) is 0 Å². The van der Waals surface area contributed by atoms with Crippen LogP contribution in [0.25, 0.3) is 0 Å². The van der Waals surface area contributed by atoms with Gasteiger partial charge in [0.15, 0.2) is 0 Å². The SMILES string of the molecule is Cc1nc(C(C)(C)C)c(C)[nH]1.Cc1nc(C(C)(C)C)c(C)[nH]1. The van der Waals surface area contributed by atoms with Gasteiger partial charge in [-0.25, -0.2) is 9.97 Å². The number of nitrogens with one attached hydrogen (secondary N) is 2. The predicted octanol–water partition coefficient (Wildman–Crippen LogP) is 4.65. The van der Waals surface area contributed by atoms with Crippen molar-refractivity contribution in [1.82, 2.24) is 19.9 Å². The van der Waals surface area contributed by atoms with Gasteiger partial charge in [0.2, 0.25) is 0 Å². The summed E-state index contributed by atoms with van der Waals surface area (Å²) in [5, 5.41) is 0. The fraction of sp³-hybridized carbons (Fsp3) is 0.667. The van der Waals surface area contributed by atoms with E-state index in [4.69, 9.17) is 0 Å². The molecule has 0 aliphatic heterocycles. The average Bonchev–Trinajstić information content (AvgIpc) is 2.80. The first kappa shape index (κ1) is 18.5. The van der Waals surface area contributed by atoms with E-state index in [-0.39, 0.29) is 10.8 Å². The third-order valence-electron chi connectivity index (χ3n) is 3.43. The lowest BCUT2D eigenvalue weighted by Crippen LogP contribution is -2.13. The van der Waals surface area contributed by atoms with Crippen molar-refractivity contribution in [3.63, 3.8) is 0 Å². The lowest BCUT2D eigenvalue weighted by Gasteiger charge is -2.15. The Morgan fingerprint density at radius 3 is 0.955 bits per heavy atom. The van der Waals surface area contributed by atoms with Crippen LogP contribution >= 0.6 is 0 Å². The molecule has 2 aromatic rings. The van der Waals surface area contributed by atoms with Gasteiger partial charge < -0.3 is 9.97 Å². The monoisotopic (exact) mass is 304 g/mol. The minimum Gasteiger partial charge on any atom is -0.346 e. The molecule has 0 bridgehead atoms. The summed E-state index contributed by atoms with van der Waals surface area (Å²) >= 11 is 0. The Labute approximate surface area is 135 Å². The summed E-state index contributed by atoms with van der Waals surface area (Å²) in [4.78, 5) is 15.3. The Balaban J connectivity index is 0.000000220. The molecule has 2 rings (SSSR count). The normalized spacial score (nSPS) is 12.1. The summed E-state index contributed by atoms with van der Waals surface area (Å²) in [5.41, 5.74) is 5.05. The van der Waals surface area contributed by atoms with Crippen molar-refractivity contribution in [2.45, 2.75) is 80.1 Å². The maximum absolute atomic E-state index is 4.43. The molecule has 124 valence electrons. The summed E-state index contributed by atoms with van der Waals surface area (Å²) in [6, 6.07) is 0. The van der Waals surface area contributed by atoms with Crippen LogP contribution in [0.3, 0.4) is 0 Å². The van der Waals surface area contributed by atoms with Gasteiger partial charge in [0.1, 0.15) is 11.6 Å². The third kappa shape index (κ3) is 4.72. The van der Waals surface area contributed by atoms with Gasteiger partial charge in [-0.05, 0) is 27.7 Å². The summed E-state index contributed by atoms with van der Waals surface area (Å²) in [6.45, 7) is 21.2. The number of aromatic amines is 2. The van der Waals surface area contributed by atoms with Gasteiger partial charge in [-0.1, -0.05) is 41.5 Å². The predicted molar refractivity (Wildman–Crippen MR) is 93.5 cm³/mol. The molecule has 0 saturated carbocycles. The van der Waals surface area contributed by atoms with Crippen molar-refractivity contribution >= 4 is 0 Å². The molecule has 0 fully saturated rings. The van der Waals surface area contributed by atoms with E-state index in [1.54, 1.807) is 0 Å². The van der Waals surface area contributed by atoms with Crippen molar-refractivity contribution < 1.29 is 0 Å². The molecule has 4 nitrogen and oxygen atoms in total. The smallest absolute Gasteiger partial charge is 0.103 e. The standard InChI is InChI=1S/2C9H16N2/c2*1-6-8(9(3,4)5)11-7(2)10-6/h2*1-5H3,(H,10,11). The number of rotatable bonds is 0. The maximum atomic E-state index is 4.43. The Kier molecular flexibility index (Phi) is 5.26. The molecule has 0 saturated heterocycles. The molecular weight excluding hydrogens is 272 g/mol. The van der Waals surface area contributed by atoms with Gasteiger partial charge in [-0.3, -0.25) is 0 Å². The molecule has 22 heavy (non-hydrogen) atoms. The van der Waals surface area contributed by atoms with E-state index in [1.165, 1.54) is 22.8 Å². The second kappa shape index (κ2) is 6.27. The molecule has 2 N–H and O–H groups in total. The van der Waals surface area contributed by atoms with E-state index in [1.807, 2.05) is 13.8 Å². The van der Waals surface area contributed by atoms with Gasteiger partial charge in [-0.15, -0.1) is 0 Å². The molecule has 0 aliphatic carbocycles. The molecule has 0 unspecified atom stereocenters. The van der Waals surface area contributed by atoms with Crippen LogP contribution in [0.15, 0.2) is 0 Å². The van der Waals surface area contributed by atoms with Crippen LogP contribution in [0.4, 0.5) is 0 Å². The quantitative estimate of drug-likeness (QED) is 0.744. The second-order valence-corrected chi connectivity index (χ2v) is 8.09. The lowest BCUT2D eigenvalue weighted by atomic mass is 9.91. The van der Waals surface area contributed by atoms with Gasteiger partial charge in [-0.2, -0.15) is 0 Å². The number of hydrogen-bond donors (Lipinski definition) is 2. The highest BCUT2D eigenvalue weighted by atomic mass is 14.9. The highest BCUT2D eigenvalue weighted by Gasteiger charge is 2.20. The average molecular weight is 304 g/mol. The summed E-state index contributed by atoms with van der Waals surface area (Å²) in [7, 11) is 0. The molecule has 0 aliphatic rings. The minimum atomic E-state index is 0.162. The minimum absolute atomic E-state index is 0.162. The van der Waals surface area contributed by atoms with Crippen LogP contribution in [-0.4, -0.2) is 19.9 Å². The molecule has 0 radical (unpaired) electrons. The molecule has 2 aromatic heterocycles. The molecule has 0 atom stereocenters. The molecule has 2 heterocycles. The van der Waals surface area contributed by atoms with Gasteiger partial charge >= 0.3 is 0 Å². The molecule has 0 aromatic carbocycles. The summed E-state index contributed by atoms with van der Waals surface area (Å²) in [6.07, 6.45) is 0. The number of aryl methyl sites for hydroxylation is 4. The number of imidazole rings is 2. The topological polar surface area (TPSA) is 57.4 Å². The first-order chi connectivity index (χ1) is 9.82. The number of hydrogen-bond acceptors (Lipinski definition) is 2. The van der Waals surface area contributed by atoms with E-state index in [9.17, 15) is 0 Å². The van der Waals surface area contributed by atoms with Crippen LogP contribution in [0.5, 0.6) is 0 Å². The zero-order chi connectivity index (χ0) is 17.3. The molecule has 0 amide bonds. The Hall–Kier alpha value is -1.58. The zero-order valence-corrected chi connectivity index (χ0v) is 15.9. The lowest BCUT2D eigenvalue weighted by molar-refractivity contribution is 0.567. The Morgan fingerprint density at radius 2 is 0.864 bits per heavy atom. The third-order valence-corrected chi connectivity index (χ3v) is 3.43. The largest absolute Gasteiger partial charge is 0.346 e. The Morgan fingerprint density at radius 1 is 0.591 bits per heavy atom. The first-order valence-electron chi connectivity index (χ1n) is 7.89. The Bertz CT molecular complexity index is 562. The zero-order valence-electron chi connectivity index (χ0n) is 15.9. The van der Waals surface area contributed by atoms with Crippen molar-refractivity contribution in [3.05, 3.63) is 34.4 Å². The summed E-state index contributed by atoms with van der Waals surface area (Å²) < 4.78 is 0. The fourth-order valence-corrected chi connectivity index (χ4v) is 2.68.